The molecule has 0 bridgehead atoms. The van der Waals surface area contributed by atoms with Crippen LogP contribution in [0.15, 0.2) is 16.6 Å². The van der Waals surface area contributed by atoms with Crippen LogP contribution < -0.4 is 5.32 Å². The monoisotopic (exact) mass is 381 g/mol. The van der Waals surface area contributed by atoms with Crippen LogP contribution >= 0.6 is 15.9 Å². The maximum Gasteiger partial charge on any atom is 0.150 e. The fourth-order valence-electron chi connectivity index (χ4n) is 2.72. The average Bonchev–Trinajstić information content (AvgIpc) is 2.78. The lowest BCUT2D eigenvalue weighted by Gasteiger charge is -2.25. The number of nitrogens with one attached hydrogen (secondary N) is 1. The van der Waals surface area contributed by atoms with Crippen LogP contribution in [0.4, 0.5) is 8.78 Å². The van der Waals surface area contributed by atoms with Crippen LogP contribution in [0.5, 0.6) is 0 Å². The lowest BCUT2D eigenvalue weighted by Crippen LogP contribution is -2.31. The minimum atomic E-state index is -3.11. The van der Waals surface area contributed by atoms with Crippen molar-refractivity contribution in [1.82, 2.24) is 5.32 Å². The quantitative estimate of drug-likeness (QED) is 0.796. The van der Waals surface area contributed by atoms with Crippen molar-refractivity contribution in [1.29, 1.82) is 0 Å². The number of benzene rings is 1. The van der Waals surface area contributed by atoms with Crippen LogP contribution in [0.2, 0.25) is 0 Å². The summed E-state index contributed by atoms with van der Waals surface area (Å²) in [6, 6.07) is 1.89. The van der Waals surface area contributed by atoms with Gasteiger partial charge in [0.2, 0.25) is 0 Å². The molecule has 7 heteroatoms. The zero-order valence-electron chi connectivity index (χ0n) is 11.7. The SMILES string of the molecule is CCCNC(c1c(F)ccc(Br)c1F)C1CCS(=O)(=O)C1. The van der Waals surface area contributed by atoms with Crippen LogP contribution in [0.25, 0.3) is 0 Å². The highest BCUT2D eigenvalue weighted by atomic mass is 79.9. The van der Waals surface area contributed by atoms with Crippen molar-refractivity contribution >= 4 is 25.8 Å². The smallest absolute Gasteiger partial charge is 0.150 e. The van der Waals surface area contributed by atoms with Gasteiger partial charge in [-0.25, -0.2) is 17.2 Å². The standard InChI is InChI=1S/C14H18BrF2NO2S/c1-2-6-18-14(9-5-7-21(19,20)8-9)12-11(16)4-3-10(15)13(12)17/h3-4,9,14,18H,2,5-8H2,1H3. The van der Waals surface area contributed by atoms with Gasteiger partial charge in [0.15, 0.2) is 9.84 Å². The van der Waals surface area contributed by atoms with Gasteiger partial charge >= 0.3 is 0 Å². The second-order valence-electron chi connectivity index (χ2n) is 5.35. The molecule has 0 spiro atoms. The molecule has 2 rings (SSSR count). The molecule has 1 aromatic carbocycles. The summed E-state index contributed by atoms with van der Waals surface area (Å²) < 4.78 is 51.9. The molecule has 1 aliphatic heterocycles. The highest BCUT2D eigenvalue weighted by Crippen LogP contribution is 2.36. The molecule has 118 valence electrons. The van der Waals surface area contributed by atoms with E-state index >= 15 is 0 Å². The van der Waals surface area contributed by atoms with Gasteiger partial charge in [0.25, 0.3) is 0 Å². The topological polar surface area (TPSA) is 46.2 Å². The molecule has 1 saturated heterocycles. The zero-order valence-corrected chi connectivity index (χ0v) is 14.1. The van der Waals surface area contributed by atoms with E-state index < -0.39 is 27.5 Å². The van der Waals surface area contributed by atoms with E-state index in [1.807, 2.05) is 6.92 Å². The van der Waals surface area contributed by atoms with Gasteiger partial charge in [0.1, 0.15) is 11.6 Å². The summed E-state index contributed by atoms with van der Waals surface area (Å²) in [4.78, 5) is 0. The third-order valence-corrected chi connectivity index (χ3v) is 6.15. The Bertz CT molecular complexity index is 622. The Morgan fingerprint density at radius 2 is 2.14 bits per heavy atom. The van der Waals surface area contributed by atoms with Gasteiger partial charge in [0.05, 0.1) is 16.0 Å². The number of rotatable bonds is 5. The van der Waals surface area contributed by atoms with Crippen molar-refractivity contribution in [3.8, 4) is 0 Å². The normalized spacial score (nSPS) is 22.4. The Morgan fingerprint density at radius 1 is 1.43 bits per heavy atom. The van der Waals surface area contributed by atoms with E-state index in [1.165, 1.54) is 12.1 Å². The Balaban J connectivity index is 2.39. The van der Waals surface area contributed by atoms with Crippen molar-refractivity contribution in [2.45, 2.75) is 25.8 Å². The van der Waals surface area contributed by atoms with Gasteiger partial charge in [-0.15, -0.1) is 0 Å². The van der Waals surface area contributed by atoms with E-state index in [0.717, 1.165) is 6.42 Å². The first-order chi connectivity index (χ1) is 9.85. The Hall–Kier alpha value is -0.530. The predicted molar refractivity (Wildman–Crippen MR) is 81.9 cm³/mol. The molecule has 1 heterocycles. The molecule has 1 N–H and O–H groups in total. The molecule has 3 nitrogen and oxygen atoms in total. The minimum Gasteiger partial charge on any atom is -0.309 e. The van der Waals surface area contributed by atoms with Gasteiger partial charge in [-0.2, -0.15) is 0 Å². The summed E-state index contributed by atoms with van der Waals surface area (Å²) >= 11 is 3.06. The van der Waals surface area contributed by atoms with E-state index in [-0.39, 0.29) is 27.5 Å². The summed E-state index contributed by atoms with van der Waals surface area (Å²) in [7, 11) is -3.11. The van der Waals surface area contributed by atoms with E-state index in [9.17, 15) is 17.2 Å². The summed E-state index contributed by atoms with van der Waals surface area (Å²) in [5, 5.41) is 3.11. The number of sulfone groups is 1. The zero-order chi connectivity index (χ0) is 15.6. The molecule has 1 aromatic rings. The van der Waals surface area contributed by atoms with Gasteiger partial charge in [-0.3, -0.25) is 0 Å². The van der Waals surface area contributed by atoms with Gasteiger partial charge in [0, 0.05) is 11.6 Å². The van der Waals surface area contributed by atoms with Crippen LogP contribution in [0, 0.1) is 17.6 Å². The molecule has 2 unspecified atom stereocenters. The highest BCUT2D eigenvalue weighted by Gasteiger charge is 2.36. The molecule has 1 fully saturated rings. The van der Waals surface area contributed by atoms with Crippen LogP contribution in [-0.4, -0.2) is 26.5 Å². The second-order valence-corrected chi connectivity index (χ2v) is 8.43. The molecular formula is C14H18BrF2NO2S. The fraction of sp³-hybridized carbons (Fsp3) is 0.571. The van der Waals surface area contributed by atoms with E-state index in [2.05, 4.69) is 21.2 Å². The molecule has 21 heavy (non-hydrogen) atoms. The Labute approximate surface area is 132 Å². The molecule has 2 atom stereocenters. The van der Waals surface area contributed by atoms with Crippen LogP contribution in [0.1, 0.15) is 31.4 Å². The molecular weight excluding hydrogens is 364 g/mol. The predicted octanol–water partition coefficient (Wildman–Crippen LogP) is 3.20. The summed E-state index contributed by atoms with van der Waals surface area (Å²) in [5.74, 6) is -1.56. The van der Waals surface area contributed by atoms with Crippen LogP contribution in [-0.2, 0) is 9.84 Å². The average molecular weight is 382 g/mol. The van der Waals surface area contributed by atoms with Gasteiger partial charge in [-0.1, -0.05) is 6.92 Å². The number of halogens is 3. The first-order valence-corrected chi connectivity index (χ1v) is 9.54. The lowest BCUT2D eigenvalue weighted by atomic mass is 9.91. The summed E-state index contributed by atoms with van der Waals surface area (Å²) in [6.45, 7) is 2.52. The van der Waals surface area contributed by atoms with Gasteiger partial charge in [-0.05, 0) is 53.4 Å². The first-order valence-electron chi connectivity index (χ1n) is 6.93. The Kier molecular flexibility index (Phi) is 5.38. The molecule has 0 saturated carbocycles. The second kappa shape index (κ2) is 6.71. The molecule has 0 aromatic heterocycles. The van der Waals surface area contributed by atoms with Crippen molar-refractivity contribution in [3.05, 3.63) is 33.8 Å². The van der Waals surface area contributed by atoms with Crippen molar-refractivity contribution in [3.63, 3.8) is 0 Å². The maximum atomic E-state index is 14.3. The van der Waals surface area contributed by atoms with Crippen molar-refractivity contribution in [2.75, 3.05) is 18.1 Å². The maximum absolute atomic E-state index is 14.3. The molecule has 0 radical (unpaired) electrons. The third-order valence-electron chi connectivity index (χ3n) is 3.74. The van der Waals surface area contributed by atoms with Crippen molar-refractivity contribution < 1.29 is 17.2 Å². The Morgan fingerprint density at radius 3 is 2.71 bits per heavy atom. The number of hydrogen-bond acceptors (Lipinski definition) is 3. The van der Waals surface area contributed by atoms with Crippen LogP contribution in [0.3, 0.4) is 0 Å². The van der Waals surface area contributed by atoms with Crippen molar-refractivity contribution in [2.24, 2.45) is 5.92 Å². The van der Waals surface area contributed by atoms with E-state index in [4.69, 9.17) is 0 Å². The summed E-state index contributed by atoms with van der Waals surface area (Å²) in [6.07, 6.45) is 1.22. The third kappa shape index (κ3) is 3.81. The first kappa shape index (κ1) is 16.8. The largest absolute Gasteiger partial charge is 0.309 e. The fourth-order valence-corrected chi connectivity index (χ4v) is 4.90. The molecule has 0 aliphatic carbocycles. The molecule has 0 amide bonds. The molecule has 1 aliphatic rings. The minimum absolute atomic E-state index is 0.0280. The lowest BCUT2D eigenvalue weighted by molar-refractivity contribution is 0.365. The highest BCUT2D eigenvalue weighted by molar-refractivity contribution is 9.10. The van der Waals surface area contributed by atoms with E-state index in [0.29, 0.717) is 13.0 Å². The van der Waals surface area contributed by atoms with E-state index in [1.54, 1.807) is 0 Å². The van der Waals surface area contributed by atoms with Gasteiger partial charge < -0.3 is 5.32 Å². The summed E-state index contributed by atoms with van der Waals surface area (Å²) in [5.41, 5.74) is -0.0695. The number of hydrogen-bond donors (Lipinski definition) is 1.